The number of carbonyl (C=O) groups excluding carboxylic acids is 1. The number of likely N-dealkylation sites (tertiary alicyclic amines) is 1. The topological polar surface area (TPSA) is 74.6 Å². The lowest BCUT2D eigenvalue weighted by atomic mass is 10.3. The molecule has 0 aliphatic carbocycles. The number of carboxylic acids is 1. The SMILES string of the molecule is O=C(Cn1cccc1C(=O)O)NCCCN1CCCC1. The molecule has 110 valence electrons. The van der Waals surface area contributed by atoms with Crippen molar-refractivity contribution in [2.24, 2.45) is 0 Å². The Kier molecular flexibility index (Phi) is 5.17. The van der Waals surface area contributed by atoms with Gasteiger partial charge < -0.3 is 19.9 Å². The molecule has 0 radical (unpaired) electrons. The summed E-state index contributed by atoms with van der Waals surface area (Å²) in [4.78, 5) is 25.1. The van der Waals surface area contributed by atoms with Crippen molar-refractivity contribution >= 4 is 11.9 Å². The summed E-state index contributed by atoms with van der Waals surface area (Å²) in [6, 6.07) is 3.12. The Bertz CT molecular complexity index is 464. The lowest BCUT2D eigenvalue weighted by molar-refractivity contribution is -0.121. The van der Waals surface area contributed by atoms with Gasteiger partial charge in [-0.25, -0.2) is 4.79 Å². The molecule has 1 aliphatic heterocycles. The minimum Gasteiger partial charge on any atom is -0.477 e. The molecule has 0 unspecified atom stereocenters. The van der Waals surface area contributed by atoms with Crippen molar-refractivity contribution in [2.75, 3.05) is 26.2 Å². The Labute approximate surface area is 118 Å². The predicted molar refractivity (Wildman–Crippen MR) is 74.7 cm³/mol. The van der Waals surface area contributed by atoms with Gasteiger partial charge in [0.25, 0.3) is 0 Å². The number of nitrogens with one attached hydrogen (secondary N) is 1. The van der Waals surface area contributed by atoms with Gasteiger partial charge in [0.2, 0.25) is 5.91 Å². The molecule has 0 spiro atoms. The third-order valence-electron chi connectivity index (χ3n) is 3.53. The van der Waals surface area contributed by atoms with Crippen LogP contribution in [0, 0.1) is 0 Å². The van der Waals surface area contributed by atoms with Crippen LogP contribution in [0.15, 0.2) is 18.3 Å². The van der Waals surface area contributed by atoms with E-state index in [1.54, 1.807) is 12.3 Å². The van der Waals surface area contributed by atoms with Crippen molar-refractivity contribution < 1.29 is 14.7 Å². The van der Waals surface area contributed by atoms with Crippen molar-refractivity contribution in [2.45, 2.75) is 25.8 Å². The number of nitrogens with zero attached hydrogens (tertiary/aromatic N) is 2. The number of carbonyl (C=O) groups is 2. The largest absolute Gasteiger partial charge is 0.477 e. The Balaban J connectivity index is 1.67. The number of aromatic nitrogens is 1. The quantitative estimate of drug-likeness (QED) is 0.724. The van der Waals surface area contributed by atoms with Crippen LogP contribution in [0.25, 0.3) is 0 Å². The van der Waals surface area contributed by atoms with E-state index in [0.717, 1.165) is 13.0 Å². The Morgan fingerprint density at radius 2 is 2.05 bits per heavy atom. The highest BCUT2D eigenvalue weighted by Gasteiger charge is 2.12. The Morgan fingerprint density at radius 1 is 1.30 bits per heavy atom. The van der Waals surface area contributed by atoms with Gasteiger partial charge >= 0.3 is 5.97 Å². The van der Waals surface area contributed by atoms with Gasteiger partial charge in [-0.3, -0.25) is 4.79 Å². The van der Waals surface area contributed by atoms with Gasteiger partial charge in [0, 0.05) is 12.7 Å². The first-order chi connectivity index (χ1) is 9.66. The zero-order valence-corrected chi connectivity index (χ0v) is 11.5. The standard InChI is InChI=1S/C14H21N3O3/c18-13(11-17-10-3-5-12(17)14(19)20)15-6-4-9-16-7-1-2-8-16/h3,5,10H,1-2,4,6-9,11H2,(H,15,18)(H,19,20). The van der Waals surface area contributed by atoms with E-state index in [-0.39, 0.29) is 18.1 Å². The molecule has 0 bridgehead atoms. The van der Waals surface area contributed by atoms with Crippen molar-refractivity contribution in [1.29, 1.82) is 0 Å². The van der Waals surface area contributed by atoms with Crippen LogP contribution in [0.3, 0.4) is 0 Å². The van der Waals surface area contributed by atoms with Gasteiger partial charge in [-0.2, -0.15) is 0 Å². The molecule has 1 saturated heterocycles. The fraction of sp³-hybridized carbons (Fsp3) is 0.571. The Hall–Kier alpha value is -1.82. The molecule has 2 heterocycles. The zero-order valence-electron chi connectivity index (χ0n) is 11.5. The van der Waals surface area contributed by atoms with Gasteiger partial charge in [0.15, 0.2) is 0 Å². The maximum atomic E-state index is 11.7. The summed E-state index contributed by atoms with van der Waals surface area (Å²) < 4.78 is 1.44. The Morgan fingerprint density at radius 3 is 2.75 bits per heavy atom. The predicted octanol–water partition coefficient (Wildman–Crippen LogP) is 0.788. The second-order valence-corrected chi connectivity index (χ2v) is 5.08. The molecule has 6 nitrogen and oxygen atoms in total. The van der Waals surface area contributed by atoms with Crippen LogP contribution in [0.2, 0.25) is 0 Å². The first-order valence-corrected chi connectivity index (χ1v) is 7.04. The van der Waals surface area contributed by atoms with E-state index in [0.29, 0.717) is 6.54 Å². The van der Waals surface area contributed by atoms with Crippen molar-refractivity contribution in [1.82, 2.24) is 14.8 Å². The average Bonchev–Trinajstić information content (AvgIpc) is 3.05. The maximum absolute atomic E-state index is 11.7. The maximum Gasteiger partial charge on any atom is 0.352 e. The number of rotatable bonds is 7. The van der Waals surface area contributed by atoms with E-state index < -0.39 is 5.97 Å². The second kappa shape index (κ2) is 7.09. The summed E-state index contributed by atoms with van der Waals surface area (Å²) in [5.41, 5.74) is 0.136. The summed E-state index contributed by atoms with van der Waals surface area (Å²) in [5, 5.41) is 11.8. The molecule has 1 aromatic heterocycles. The highest BCUT2D eigenvalue weighted by molar-refractivity contribution is 5.86. The third kappa shape index (κ3) is 4.09. The van der Waals surface area contributed by atoms with Gasteiger partial charge in [-0.1, -0.05) is 0 Å². The molecule has 0 aromatic carbocycles. The van der Waals surface area contributed by atoms with E-state index in [2.05, 4.69) is 10.2 Å². The molecule has 1 aromatic rings. The minimum atomic E-state index is -1.02. The van der Waals surface area contributed by atoms with Crippen LogP contribution in [0.5, 0.6) is 0 Å². The molecule has 1 amide bonds. The summed E-state index contributed by atoms with van der Waals surface area (Å²) in [6.45, 7) is 4.04. The lowest BCUT2D eigenvalue weighted by Gasteiger charge is -2.14. The molecule has 1 aliphatic rings. The number of hydrogen-bond acceptors (Lipinski definition) is 3. The van der Waals surface area contributed by atoms with E-state index >= 15 is 0 Å². The monoisotopic (exact) mass is 279 g/mol. The lowest BCUT2D eigenvalue weighted by Crippen LogP contribution is -2.31. The molecule has 6 heteroatoms. The first-order valence-electron chi connectivity index (χ1n) is 7.04. The van der Waals surface area contributed by atoms with Crippen LogP contribution in [-0.2, 0) is 11.3 Å². The molecule has 2 rings (SSSR count). The highest BCUT2D eigenvalue weighted by Crippen LogP contribution is 2.07. The van der Waals surface area contributed by atoms with E-state index in [1.807, 2.05) is 0 Å². The fourth-order valence-electron chi connectivity index (χ4n) is 2.49. The van der Waals surface area contributed by atoms with Crippen LogP contribution < -0.4 is 5.32 Å². The summed E-state index contributed by atoms with van der Waals surface area (Å²) >= 11 is 0. The van der Waals surface area contributed by atoms with Crippen molar-refractivity contribution in [3.63, 3.8) is 0 Å². The van der Waals surface area contributed by atoms with Gasteiger partial charge in [-0.15, -0.1) is 0 Å². The molecular formula is C14H21N3O3. The normalized spacial score (nSPS) is 15.4. The summed E-state index contributed by atoms with van der Waals surface area (Å²) in [6.07, 6.45) is 5.09. The highest BCUT2D eigenvalue weighted by atomic mass is 16.4. The third-order valence-corrected chi connectivity index (χ3v) is 3.53. The van der Waals surface area contributed by atoms with Gasteiger partial charge in [0.1, 0.15) is 12.2 Å². The number of hydrogen-bond donors (Lipinski definition) is 2. The smallest absolute Gasteiger partial charge is 0.352 e. The van der Waals surface area contributed by atoms with Crippen LogP contribution in [0.1, 0.15) is 29.8 Å². The van der Waals surface area contributed by atoms with E-state index in [1.165, 1.54) is 36.6 Å². The van der Waals surface area contributed by atoms with Gasteiger partial charge in [0.05, 0.1) is 0 Å². The van der Waals surface area contributed by atoms with Crippen LogP contribution in [-0.4, -0.2) is 52.6 Å². The number of aromatic carboxylic acids is 1. The number of carboxylic acid groups (broad SMARTS) is 1. The molecule has 0 saturated carbocycles. The number of amides is 1. The molecule has 0 atom stereocenters. The van der Waals surface area contributed by atoms with Crippen LogP contribution in [0.4, 0.5) is 0 Å². The minimum absolute atomic E-state index is 0.0539. The molecule has 2 N–H and O–H groups in total. The first kappa shape index (κ1) is 14.6. The van der Waals surface area contributed by atoms with Crippen molar-refractivity contribution in [3.05, 3.63) is 24.0 Å². The van der Waals surface area contributed by atoms with Gasteiger partial charge in [-0.05, 0) is 51.0 Å². The van der Waals surface area contributed by atoms with Crippen LogP contribution >= 0.6 is 0 Å². The fourth-order valence-corrected chi connectivity index (χ4v) is 2.49. The van der Waals surface area contributed by atoms with E-state index in [9.17, 15) is 9.59 Å². The zero-order chi connectivity index (χ0) is 14.4. The second-order valence-electron chi connectivity index (χ2n) is 5.08. The molecule has 20 heavy (non-hydrogen) atoms. The van der Waals surface area contributed by atoms with Crippen molar-refractivity contribution in [3.8, 4) is 0 Å². The molecular weight excluding hydrogens is 258 g/mol. The summed E-state index contributed by atoms with van der Waals surface area (Å²) in [5.74, 6) is -1.16. The average molecular weight is 279 g/mol. The summed E-state index contributed by atoms with van der Waals surface area (Å²) in [7, 11) is 0. The van der Waals surface area contributed by atoms with E-state index in [4.69, 9.17) is 5.11 Å². The molecule has 1 fully saturated rings.